The van der Waals surface area contributed by atoms with Gasteiger partial charge in [-0.05, 0) is 51.3 Å². The number of hydrogen-bond acceptors (Lipinski definition) is 2. The summed E-state index contributed by atoms with van der Waals surface area (Å²) in [6.45, 7) is 7.21. The first kappa shape index (κ1) is 19.9. The van der Waals surface area contributed by atoms with Gasteiger partial charge >= 0.3 is 0 Å². The number of hydrogen-bond donors (Lipinski definition) is 0. The van der Waals surface area contributed by atoms with Crippen molar-refractivity contribution in [3.8, 4) is 11.5 Å². The van der Waals surface area contributed by atoms with E-state index in [9.17, 15) is 0 Å². The van der Waals surface area contributed by atoms with Crippen molar-refractivity contribution >= 4 is 22.4 Å². The van der Waals surface area contributed by atoms with Crippen LogP contribution in [0.4, 0.5) is 0 Å². The molecule has 2 aromatic carbocycles. The van der Waals surface area contributed by atoms with E-state index < -0.39 is 0 Å². The van der Waals surface area contributed by atoms with Crippen molar-refractivity contribution in [2.75, 3.05) is 12.5 Å². The van der Waals surface area contributed by atoms with Crippen molar-refractivity contribution in [3.63, 3.8) is 0 Å². The number of alkyl halides is 1. The third kappa shape index (κ3) is 6.11. The highest BCUT2D eigenvalue weighted by molar-refractivity contribution is 6.17. The molecule has 0 aliphatic rings. The van der Waals surface area contributed by atoms with Crippen molar-refractivity contribution in [1.82, 2.24) is 0 Å². The smallest absolute Gasteiger partial charge is 0.127 e. The fourth-order valence-corrected chi connectivity index (χ4v) is 3.14. The van der Waals surface area contributed by atoms with Crippen molar-refractivity contribution in [3.05, 3.63) is 35.9 Å². The molecule has 0 heterocycles. The Morgan fingerprint density at radius 3 is 2.52 bits per heavy atom. The molecule has 3 heteroatoms. The fourth-order valence-electron chi connectivity index (χ4n) is 2.99. The average molecular weight is 363 g/mol. The van der Waals surface area contributed by atoms with Gasteiger partial charge in [0.05, 0.1) is 12.7 Å². The molecule has 0 saturated heterocycles. The zero-order valence-electron chi connectivity index (χ0n) is 15.8. The van der Waals surface area contributed by atoms with Crippen molar-refractivity contribution in [2.24, 2.45) is 0 Å². The van der Waals surface area contributed by atoms with E-state index in [1.54, 1.807) is 0 Å². The minimum absolute atomic E-state index is 0.156. The molecule has 0 N–H and O–H groups in total. The first-order valence-electron chi connectivity index (χ1n) is 9.54. The number of ether oxygens (including phenoxy) is 2. The predicted molar refractivity (Wildman–Crippen MR) is 108 cm³/mol. The Morgan fingerprint density at radius 2 is 1.76 bits per heavy atom. The van der Waals surface area contributed by atoms with Crippen LogP contribution in [-0.4, -0.2) is 18.6 Å². The number of aryl methyl sites for hydroxylation is 1. The minimum Gasteiger partial charge on any atom is -0.493 e. The molecule has 2 nitrogen and oxygen atoms in total. The van der Waals surface area contributed by atoms with E-state index in [1.807, 2.05) is 12.1 Å². The van der Waals surface area contributed by atoms with Crippen LogP contribution in [0.3, 0.4) is 0 Å². The number of rotatable bonds is 11. The summed E-state index contributed by atoms with van der Waals surface area (Å²) in [5.74, 6) is 2.56. The Labute approximate surface area is 157 Å². The lowest BCUT2D eigenvalue weighted by atomic mass is 10.1. The maximum atomic E-state index is 6.18. The minimum atomic E-state index is 0.156. The third-order valence-corrected chi connectivity index (χ3v) is 4.69. The van der Waals surface area contributed by atoms with Crippen molar-refractivity contribution < 1.29 is 9.47 Å². The van der Waals surface area contributed by atoms with Crippen LogP contribution in [0.5, 0.6) is 11.5 Å². The Hall–Kier alpha value is -1.41. The molecule has 25 heavy (non-hydrogen) atoms. The third-order valence-electron chi connectivity index (χ3n) is 4.42. The Bertz CT molecular complexity index is 654. The van der Waals surface area contributed by atoms with Gasteiger partial charge in [0.25, 0.3) is 0 Å². The standard InChI is InChI=1S/C22H31ClO2/c1-4-5-6-7-15-24-21-12-13-22(25-18(3)9-8-14-23)20-16-17(2)10-11-19(20)21/h10-13,16,18H,4-9,14-15H2,1-3H3. The first-order chi connectivity index (χ1) is 12.2. The zero-order valence-corrected chi connectivity index (χ0v) is 16.6. The number of fused-ring (bicyclic) bond motifs is 1. The highest BCUT2D eigenvalue weighted by atomic mass is 35.5. The van der Waals surface area contributed by atoms with Crippen LogP contribution in [0.25, 0.3) is 10.8 Å². The first-order valence-corrected chi connectivity index (χ1v) is 10.1. The lowest BCUT2D eigenvalue weighted by Crippen LogP contribution is -2.12. The molecule has 2 rings (SSSR count). The maximum absolute atomic E-state index is 6.18. The van der Waals surface area contributed by atoms with Gasteiger partial charge in [-0.25, -0.2) is 0 Å². The molecule has 0 aliphatic heterocycles. The van der Waals surface area contributed by atoms with E-state index in [0.29, 0.717) is 5.88 Å². The predicted octanol–water partition coefficient (Wildman–Crippen LogP) is 6.89. The van der Waals surface area contributed by atoms with Gasteiger partial charge < -0.3 is 9.47 Å². The second-order valence-electron chi connectivity index (χ2n) is 6.78. The van der Waals surface area contributed by atoms with Crippen molar-refractivity contribution in [1.29, 1.82) is 0 Å². The van der Waals surface area contributed by atoms with Gasteiger partial charge in [-0.15, -0.1) is 11.6 Å². The van der Waals surface area contributed by atoms with Crippen LogP contribution >= 0.6 is 11.6 Å². The molecule has 138 valence electrons. The lowest BCUT2D eigenvalue weighted by molar-refractivity contribution is 0.212. The van der Waals surface area contributed by atoms with E-state index >= 15 is 0 Å². The maximum Gasteiger partial charge on any atom is 0.127 e. The number of benzene rings is 2. The zero-order chi connectivity index (χ0) is 18.1. The van der Waals surface area contributed by atoms with E-state index in [-0.39, 0.29) is 6.10 Å². The molecule has 0 bridgehead atoms. The number of unbranched alkanes of at least 4 members (excludes halogenated alkanes) is 3. The van der Waals surface area contributed by atoms with E-state index in [2.05, 4.69) is 39.0 Å². The Balaban J connectivity index is 2.15. The second kappa shape index (κ2) is 10.6. The number of halogens is 1. The van der Waals surface area contributed by atoms with Gasteiger partial charge in [0.15, 0.2) is 0 Å². The molecular weight excluding hydrogens is 332 g/mol. The van der Waals surface area contributed by atoms with Crippen molar-refractivity contribution in [2.45, 2.75) is 65.4 Å². The van der Waals surface area contributed by atoms with Gasteiger partial charge in [-0.2, -0.15) is 0 Å². The summed E-state index contributed by atoms with van der Waals surface area (Å²) in [6, 6.07) is 10.5. The lowest BCUT2D eigenvalue weighted by Gasteiger charge is -2.18. The van der Waals surface area contributed by atoms with Gasteiger partial charge in [0, 0.05) is 16.7 Å². The molecule has 2 aromatic rings. The van der Waals surface area contributed by atoms with Gasteiger partial charge in [-0.3, -0.25) is 0 Å². The quantitative estimate of drug-likeness (QED) is 0.320. The van der Waals surface area contributed by atoms with Crippen LogP contribution in [-0.2, 0) is 0 Å². The van der Waals surface area contributed by atoms with Gasteiger partial charge in [0.1, 0.15) is 11.5 Å². The second-order valence-corrected chi connectivity index (χ2v) is 7.16. The highest BCUT2D eigenvalue weighted by Crippen LogP contribution is 2.35. The molecular formula is C22H31ClO2. The van der Waals surface area contributed by atoms with E-state index in [0.717, 1.165) is 48.1 Å². The van der Waals surface area contributed by atoms with Crippen LogP contribution in [0.1, 0.15) is 57.9 Å². The molecule has 0 radical (unpaired) electrons. The summed E-state index contributed by atoms with van der Waals surface area (Å²) < 4.78 is 12.2. The normalized spacial score (nSPS) is 12.3. The SMILES string of the molecule is CCCCCCOc1ccc(OC(C)CCCCl)c2cc(C)ccc12. The summed E-state index contributed by atoms with van der Waals surface area (Å²) in [4.78, 5) is 0. The summed E-state index contributed by atoms with van der Waals surface area (Å²) in [5.41, 5.74) is 1.23. The summed E-state index contributed by atoms with van der Waals surface area (Å²) in [6.07, 6.45) is 6.95. The molecule has 0 aliphatic carbocycles. The van der Waals surface area contributed by atoms with Crippen LogP contribution < -0.4 is 9.47 Å². The fraction of sp³-hybridized carbons (Fsp3) is 0.545. The topological polar surface area (TPSA) is 18.5 Å². The van der Waals surface area contributed by atoms with Crippen LogP contribution in [0, 0.1) is 6.92 Å². The Morgan fingerprint density at radius 1 is 0.960 bits per heavy atom. The molecule has 0 amide bonds. The summed E-state index contributed by atoms with van der Waals surface area (Å²) in [5, 5.41) is 2.26. The van der Waals surface area contributed by atoms with E-state index in [1.165, 1.54) is 24.8 Å². The van der Waals surface area contributed by atoms with Crippen LogP contribution in [0.2, 0.25) is 0 Å². The summed E-state index contributed by atoms with van der Waals surface area (Å²) >= 11 is 5.79. The molecule has 0 aromatic heterocycles. The van der Waals surface area contributed by atoms with Gasteiger partial charge in [-0.1, -0.05) is 43.9 Å². The Kier molecular flexibility index (Phi) is 8.40. The highest BCUT2D eigenvalue weighted by Gasteiger charge is 2.11. The van der Waals surface area contributed by atoms with E-state index in [4.69, 9.17) is 21.1 Å². The van der Waals surface area contributed by atoms with Gasteiger partial charge in [0.2, 0.25) is 0 Å². The molecule has 0 spiro atoms. The molecule has 0 saturated carbocycles. The monoisotopic (exact) mass is 362 g/mol. The molecule has 1 unspecified atom stereocenters. The molecule has 0 fully saturated rings. The van der Waals surface area contributed by atoms with Crippen LogP contribution in [0.15, 0.2) is 30.3 Å². The summed E-state index contributed by atoms with van der Waals surface area (Å²) in [7, 11) is 0. The average Bonchev–Trinajstić information content (AvgIpc) is 2.61. The molecule has 1 atom stereocenters. The largest absolute Gasteiger partial charge is 0.493 e.